The number of thioether (sulfide) groups is 1. The number of carbonyl (C=O) groups is 1. The molecule has 86 valence electrons. The summed E-state index contributed by atoms with van der Waals surface area (Å²) in [5, 5.41) is 8.53. The van der Waals surface area contributed by atoms with E-state index in [0.29, 0.717) is 17.9 Å². The summed E-state index contributed by atoms with van der Waals surface area (Å²) in [6, 6.07) is 5.47. The molecule has 1 aliphatic heterocycles. The SMILES string of the molecule is CCC(Sc1ccc2c(c1)OCO2)C(=O)O. The minimum Gasteiger partial charge on any atom is -0.480 e. The van der Waals surface area contributed by atoms with Crippen molar-refractivity contribution in [3.8, 4) is 11.5 Å². The van der Waals surface area contributed by atoms with Gasteiger partial charge in [-0.3, -0.25) is 4.79 Å². The van der Waals surface area contributed by atoms with E-state index in [-0.39, 0.29) is 6.79 Å². The fourth-order valence-corrected chi connectivity index (χ4v) is 2.34. The molecule has 0 aromatic heterocycles. The van der Waals surface area contributed by atoms with Crippen molar-refractivity contribution in [1.82, 2.24) is 0 Å². The molecule has 16 heavy (non-hydrogen) atoms. The van der Waals surface area contributed by atoms with E-state index in [2.05, 4.69) is 0 Å². The Morgan fingerprint density at radius 3 is 2.94 bits per heavy atom. The van der Waals surface area contributed by atoms with Crippen molar-refractivity contribution in [2.75, 3.05) is 6.79 Å². The molecule has 2 rings (SSSR count). The fraction of sp³-hybridized carbons (Fsp3) is 0.364. The Morgan fingerprint density at radius 2 is 2.25 bits per heavy atom. The zero-order valence-electron chi connectivity index (χ0n) is 8.80. The number of rotatable bonds is 4. The van der Waals surface area contributed by atoms with E-state index in [0.717, 1.165) is 4.90 Å². The summed E-state index contributed by atoms with van der Waals surface area (Å²) in [7, 11) is 0. The van der Waals surface area contributed by atoms with E-state index >= 15 is 0 Å². The third kappa shape index (κ3) is 2.24. The largest absolute Gasteiger partial charge is 0.480 e. The van der Waals surface area contributed by atoms with Crippen LogP contribution in [0.4, 0.5) is 0 Å². The van der Waals surface area contributed by atoms with Crippen LogP contribution in [0.5, 0.6) is 11.5 Å². The third-order valence-electron chi connectivity index (χ3n) is 2.27. The predicted octanol–water partition coefficient (Wildman–Crippen LogP) is 2.37. The monoisotopic (exact) mass is 240 g/mol. The Hall–Kier alpha value is -1.36. The Bertz CT molecular complexity index is 405. The van der Waals surface area contributed by atoms with Crippen LogP contribution < -0.4 is 9.47 Å². The number of hydrogen-bond acceptors (Lipinski definition) is 4. The first-order chi connectivity index (χ1) is 7.70. The van der Waals surface area contributed by atoms with Gasteiger partial charge in [0, 0.05) is 4.90 Å². The molecule has 0 bridgehead atoms. The average molecular weight is 240 g/mol. The topological polar surface area (TPSA) is 55.8 Å². The van der Waals surface area contributed by atoms with Crippen LogP contribution in [0.15, 0.2) is 23.1 Å². The van der Waals surface area contributed by atoms with Gasteiger partial charge in [0.1, 0.15) is 5.25 Å². The normalized spacial score (nSPS) is 14.8. The van der Waals surface area contributed by atoms with Crippen LogP contribution in [0.1, 0.15) is 13.3 Å². The highest BCUT2D eigenvalue weighted by atomic mass is 32.2. The maximum Gasteiger partial charge on any atom is 0.316 e. The second-order valence-electron chi connectivity index (χ2n) is 3.37. The Morgan fingerprint density at radius 1 is 1.50 bits per heavy atom. The summed E-state index contributed by atoms with van der Waals surface area (Å²) in [5.74, 6) is 0.614. The molecule has 0 spiro atoms. The molecule has 1 unspecified atom stereocenters. The van der Waals surface area contributed by atoms with Gasteiger partial charge in [0.2, 0.25) is 6.79 Å². The molecular weight excluding hydrogens is 228 g/mol. The highest BCUT2D eigenvalue weighted by Crippen LogP contribution is 2.37. The Balaban J connectivity index is 2.13. The zero-order chi connectivity index (χ0) is 11.5. The third-order valence-corrected chi connectivity index (χ3v) is 3.61. The molecule has 1 N–H and O–H groups in total. The van der Waals surface area contributed by atoms with E-state index in [1.54, 1.807) is 6.07 Å². The smallest absolute Gasteiger partial charge is 0.316 e. The quantitative estimate of drug-likeness (QED) is 0.819. The van der Waals surface area contributed by atoms with Crippen LogP contribution in [-0.2, 0) is 4.79 Å². The lowest BCUT2D eigenvalue weighted by Crippen LogP contribution is -2.14. The first-order valence-corrected chi connectivity index (χ1v) is 5.87. The van der Waals surface area contributed by atoms with Gasteiger partial charge < -0.3 is 14.6 Å². The number of hydrogen-bond donors (Lipinski definition) is 1. The molecule has 0 amide bonds. The van der Waals surface area contributed by atoms with Gasteiger partial charge in [0.15, 0.2) is 11.5 Å². The molecule has 0 radical (unpaired) electrons. The lowest BCUT2D eigenvalue weighted by molar-refractivity contribution is -0.136. The average Bonchev–Trinajstić information content (AvgIpc) is 2.72. The van der Waals surface area contributed by atoms with Gasteiger partial charge in [-0.25, -0.2) is 0 Å². The molecule has 4 nitrogen and oxygen atoms in total. The summed E-state index contributed by atoms with van der Waals surface area (Å²) < 4.78 is 10.4. The van der Waals surface area contributed by atoms with Gasteiger partial charge in [0.05, 0.1) is 0 Å². The lowest BCUT2D eigenvalue weighted by atomic mass is 10.3. The number of carboxylic acids is 1. The van der Waals surface area contributed by atoms with E-state index in [9.17, 15) is 4.79 Å². The maximum absolute atomic E-state index is 10.9. The van der Waals surface area contributed by atoms with E-state index < -0.39 is 11.2 Å². The molecule has 0 fully saturated rings. The summed E-state index contributed by atoms with van der Waals surface area (Å²) >= 11 is 1.33. The van der Waals surface area contributed by atoms with Crippen LogP contribution in [0.25, 0.3) is 0 Å². The Kier molecular flexibility index (Phi) is 3.24. The summed E-state index contributed by atoms with van der Waals surface area (Å²) in [5.41, 5.74) is 0. The second-order valence-corrected chi connectivity index (χ2v) is 4.64. The first kappa shape index (κ1) is 11.1. The van der Waals surface area contributed by atoms with Crippen molar-refractivity contribution >= 4 is 17.7 Å². The molecule has 1 atom stereocenters. The summed E-state index contributed by atoms with van der Waals surface area (Å²) in [6.45, 7) is 2.10. The van der Waals surface area contributed by atoms with Gasteiger partial charge in [-0.15, -0.1) is 11.8 Å². The van der Waals surface area contributed by atoms with Crippen molar-refractivity contribution < 1.29 is 19.4 Å². The minimum absolute atomic E-state index is 0.236. The van der Waals surface area contributed by atoms with Crippen LogP contribution in [-0.4, -0.2) is 23.1 Å². The molecule has 1 aromatic rings. The standard InChI is InChI=1S/C11H12O4S/c1-2-10(11(12)13)16-7-3-4-8-9(5-7)15-6-14-8/h3-5,10H,2,6H2,1H3,(H,12,13). The van der Waals surface area contributed by atoms with Crippen molar-refractivity contribution in [3.05, 3.63) is 18.2 Å². The van der Waals surface area contributed by atoms with E-state index in [1.165, 1.54) is 11.8 Å². The molecule has 5 heteroatoms. The van der Waals surface area contributed by atoms with Crippen molar-refractivity contribution in [1.29, 1.82) is 0 Å². The number of ether oxygens (including phenoxy) is 2. The highest BCUT2D eigenvalue weighted by Gasteiger charge is 2.19. The maximum atomic E-state index is 10.9. The molecule has 1 aliphatic rings. The Labute approximate surface area is 97.6 Å². The van der Waals surface area contributed by atoms with Crippen molar-refractivity contribution in [2.45, 2.75) is 23.5 Å². The van der Waals surface area contributed by atoms with E-state index in [1.807, 2.05) is 19.1 Å². The molecule has 0 saturated carbocycles. The van der Waals surface area contributed by atoms with Crippen molar-refractivity contribution in [2.24, 2.45) is 0 Å². The summed E-state index contributed by atoms with van der Waals surface area (Å²) in [4.78, 5) is 11.8. The van der Waals surface area contributed by atoms with E-state index in [4.69, 9.17) is 14.6 Å². The van der Waals surface area contributed by atoms with Gasteiger partial charge in [0.25, 0.3) is 0 Å². The van der Waals surface area contributed by atoms with Crippen molar-refractivity contribution in [3.63, 3.8) is 0 Å². The fourth-order valence-electron chi connectivity index (χ4n) is 1.42. The van der Waals surface area contributed by atoms with Gasteiger partial charge in [-0.05, 0) is 24.6 Å². The van der Waals surface area contributed by atoms with Gasteiger partial charge in [-0.2, -0.15) is 0 Å². The molecule has 0 aliphatic carbocycles. The number of fused-ring (bicyclic) bond motifs is 1. The van der Waals surface area contributed by atoms with Gasteiger partial charge in [-0.1, -0.05) is 6.92 Å². The predicted molar refractivity (Wildman–Crippen MR) is 60.1 cm³/mol. The molecular formula is C11H12O4S. The summed E-state index contributed by atoms with van der Waals surface area (Å²) in [6.07, 6.45) is 0.592. The minimum atomic E-state index is -0.787. The molecule has 1 aromatic carbocycles. The first-order valence-electron chi connectivity index (χ1n) is 5.00. The number of carboxylic acid groups (broad SMARTS) is 1. The molecule has 0 saturated heterocycles. The van der Waals surface area contributed by atoms with Crippen LogP contribution in [0.3, 0.4) is 0 Å². The second kappa shape index (κ2) is 4.65. The van der Waals surface area contributed by atoms with Crippen LogP contribution in [0.2, 0.25) is 0 Å². The number of aliphatic carboxylic acids is 1. The lowest BCUT2D eigenvalue weighted by Gasteiger charge is -2.09. The van der Waals surface area contributed by atoms with Crippen LogP contribution in [0, 0.1) is 0 Å². The number of benzene rings is 1. The van der Waals surface area contributed by atoms with Gasteiger partial charge >= 0.3 is 5.97 Å². The molecule has 1 heterocycles. The highest BCUT2D eigenvalue weighted by molar-refractivity contribution is 8.00. The zero-order valence-corrected chi connectivity index (χ0v) is 9.62. The van der Waals surface area contributed by atoms with Crippen LogP contribution >= 0.6 is 11.8 Å².